The first-order valence-corrected chi connectivity index (χ1v) is 6.69. The van der Waals surface area contributed by atoms with E-state index >= 15 is 0 Å². The molecule has 0 radical (unpaired) electrons. The summed E-state index contributed by atoms with van der Waals surface area (Å²) >= 11 is 0. The Morgan fingerprint density at radius 2 is 2.05 bits per heavy atom. The maximum absolute atomic E-state index is 11.9. The van der Waals surface area contributed by atoms with Crippen LogP contribution in [0.2, 0.25) is 0 Å². The molecule has 1 fully saturated rings. The quantitative estimate of drug-likeness (QED) is 0.747. The average Bonchev–Trinajstić information content (AvgIpc) is 2.49. The van der Waals surface area contributed by atoms with Crippen LogP contribution >= 0.6 is 0 Å². The normalized spacial score (nSPS) is 23.9. The predicted molar refractivity (Wildman–Crippen MR) is 70.2 cm³/mol. The Labute approximate surface area is 118 Å². The van der Waals surface area contributed by atoms with Crippen molar-refractivity contribution in [3.05, 3.63) is 0 Å². The molecule has 20 heavy (non-hydrogen) atoms. The molecule has 116 valence electrons. The first kappa shape index (κ1) is 16.7. The number of amides is 1. The van der Waals surface area contributed by atoms with Crippen molar-refractivity contribution in [1.29, 1.82) is 0 Å². The van der Waals surface area contributed by atoms with Crippen molar-refractivity contribution in [1.82, 2.24) is 4.90 Å². The molecule has 0 aromatic carbocycles. The summed E-state index contributed by atoms with van der Waals surface area (Å²) < 4.78 is 15.3. The van der Waals surface area contributed by atoms with E-state index in [1.807, 2.05) is 0 Å². The van der Waals surface area contributed by atoms with Crippen LogP contribution in [0, 0.1) is 0 Å². The van der Waals surface area contributed by atoms with Crippen molar-refractivity contribution in [2.45, 2.75) is 45.5 Å². The Kier molecular flexibility index (Phi) is 5.76. The minimum absolute atomic E-state index is 0.0294. The summed E-state index contributed by atoms with van der Waals surface area (Å²) in [6, 6.07) is 0. The minimum atomic E-state index is -1.14. The van der Waals surface area contributed by atoms with Gasteiger partial charge in [-0.25, -0.2) is 9.59 Å². The first-order valence-electron chi connectivity index (χ1n) is 6.69. The molecule has 1 amide bonds. The second-order valence-electron chi connectivity index (χ2n) is 5.54. The smallest absolute Gasteiger partial charge is 0.410 e. The third kappa shape index (κ3) is 4.97. The van der Waals surface area contributed by atoms with Crippen molar-refractivity contribution in [3.63, 3.8) is 0 Å². The van der Waals surface area contributed by atoms with E-state index in [0.717, 1.165) is 0 Å². The summed E-state index contributed by atoms with van der Waals surface area (Å²) in [6.07, 6.45) is -2.74. The van der Waals surface area contributed by atoms with Crippen LogP contribution in [0.4, 0.5) is 4.79 Å². The summed E-state index contributed by atoms with van der Waals surface area (Å²) in [4.78, 5) is 24.9. The van der Waals surface area contributed by atoms with Crippen LogP contribution in [0.3, 0.4) is 0 Å². The third-order valence-electron chi connectivity index (χ3n) is 2.59. The fourth-order valence-electron chi connectivity index (χ4n) is 1.76. The van der Waals surface area contributed by atoms with Gasteiger partial charge in [0.25, 0.3) is 0 Å². The second kappa shape index (κ2) is 6.90. The molecule has 7 heteroatoms. The number of aliphatic hydroxyl groups excluding tert-OH is 1. The Morgan fingerprint density at radius 1 is 1.40 bits per heavy atom. The Morgan fingerprint density at radius 3 is 2.60 bits per heavy atom. The topological polar surface area (TPSA) is 85.3 Å². The lowest BCUT2D eigenvalue weighted by Gasteiger charge is -2.27. The van der Waals surface area contributed by atoms with Crippen LogP contribution in [-0.2, 0) is 19.0 Å². The van der Waals surface area contributed by atoms with Gasteiger partial charge in [0.2, 0.25) is 0 Å². The summed E-state index contributed by atoms with van der Waals surface area (Å²) in [7, 11) is 0. The average molecular weight is 289 g/mol. The number of carbonyl (C=O) groups excluding carboxylic acids is 2. The van der Waals surface area contributed by atoms with E-state index in [0.29, 0.717) is 0 Å². The SMILES string of the molecule is CCOC(=O)C1OCCN(C(=O)OC(C)(C)C)CC1O. The van der Waals surface area contributed by atoms with Gasteiger partial charge in [-0.15, -0.1) is 0 Å². The molecular formula is C13H23NO6. The van der Waals surface area contributed by atoms with E-state index in [1.165, 1.54) is 4.90 Å². The van der Waals surface area contributed by atoms with Gasteiger partial charge in [0.1, 0.15) is 11.7 Å². The predicted octanol–water partition coefficient (Wildman–Crippen LogP) is 0.546. The van der Waals surface area contributed by atoms with E-state index < -0.39 is 29.9 Å². The van der Waals surface area contributed by atoms with Crippen LogP contribution in [-0.4, -0.2) is 66.2 Å². The lowest BCUT2D eigenvalue weighted by atomic mass is 10.2. The van der Waals surface area contributed by atoms with E-state index in [4.69, 9.17) is 14.2 Å². The standard InChI is InChI=1S/C13H23NO6/c1-5-18-11(16)10-9(15)8-14(6-7-19-10)12(17)20-13(2,3)4/h9-10,15H,5-8H2,1-4H3. The summed E-state index contributed by atoms with van der Waals surface area (Å²) in [6.45, 7) is 7.53. The highest BCUT2D eigenvalue weighted by Crippen LogP contribution is 2.14. The molecule has 7 nitrogen and oxygen atoms in total. The number of ether oxygens (including phenoxy) is 3. The fraction of sp³-hybridized carbons (Fsp3) is 0.846. The van der Waals surface area contributed by atoms with E-state index in [9.17, 15) is 14.7 Å². The van der Waals surface area contributed by atoms with Crippen molar-refractivity contribution >= 4 is 12.1 Å². The lowest BCUT2D eigenvalue weighted by molar-refractivity contribution is -0.162. The van der Waals surface area contributed by atoms with Gasteiger partial charge < -0.3 is 24.2 Å². The maximum Gasteiger partial charge on any atom is 0.410 e. The van der Waals surface area contributed by atoms with Crippen LogP contribution < -0.4 is 0 Å². The number of carbonyl (C=O) groups is 2. The number of β-amino-alcohol motifs (C(OH)–C–C–N with tert-alkyl or cyclic N) is 1. The van der Waals surface area contributed by atoms with Gasteiger partial charge in [0.05, 0.1) is 19.8 Å². The van der Waals surface area contributed by atoms with Gasteiger partial charge in [-0.1, -0.05) is 0 Å². The van der Waals surface area contributed by atoms with E-state index in [-0.39, 0.29) is 26.3 Å². The Hall–Kier alpha value is -1.34. The molecular weight excluding hydrogens is 266 g/mol. The molecule has 2 unspecified atom stereocenters. The van der Waals surface area contributed by atoms with Crippen molar-refractivity contribution in [2.24, 2.45) is 0 Å². The summed E-state index contributed by atoms with van der Waals surface area (Å²) in [5, 5.41) is 9.99. The third-order valence-corrected chi connectivity index (χ3v) is 2.59. The van der Waals surface area contributed by atoms with Crippen molar-refractivity contribution < 1.29 is 28.9 Å². The summed E-state index contributed by atoms with van der Waals surface area (Å²) in [5.74, 6) is -0.619. The second-order valence-corrected chi connectivity index (χ2v) is 5.54. The number of rotatable bonds is 2. The van der Waals surface area contributed by atoms with Crippen molar-refractivity contribution in [2.75, 3.05) is 26.3 Å². The van der Waals surface area contributed by atoms with Crippen LogP contribution in [0.25, 0.3) is 0 Å². The van der Waals surface area contributed by atoms with Crippen LogP contribution in [0.1, 0.15) is 27.7 Å². The Bertz CT molecular complexity index is 351. The van der Waals surface area contributed by atoms with Gasteiger partial charge >= 0.3 is 12.1 Å². The molecule has 0 aliphatic carbocycles. The molecule has 0 saturated carbocycles. The number of hydrogen-bond acceptors (Lipinski definition) is 6. The van der Waals surface area contributed by atoms with Gasteiger partial charge in [-0.2, -0.15) is 0 Å². The maximum atomic E-state index is 11.9. The first-order chi connectivity index (χ1) is 9.24. The minimum Gasteiger partial charge on any atom is -0.464 e. The van der Waals surface area contributed by atoms with Crippen LogP contribution in [0.5, 0.6) is 0 Å². The highest BCUT2D eigenvalue weighted by molar-refractivity contribution is 5.76. The number of hydrogen-bond donors (Lipinski definition) is 1. The molecule has 1 aliphatic rings. The lowest BCUT2D eigenvalue weighted by Crippen LogP contribution is -2.44. The van der Waals surface area contributed by atoms with Gasteiger partial charge in [0, 0.05) is 6.54 Å². The number of aliphatic hydroxyl groups is 1. The number of esters is 1. The largest absolute Gasteiger partial charge is 0.464 e. The van der Waals surface area contributed by atoms with Crippen LogP contribution in [0.15, 0.2) is 0 Å². The zero-order chi connectivity index (χ0) is 15.3. The molecule has 2 atom stereocenters. The fourth-order valence-corrected chi connectivity index (χ4v) is 1.76. The summed E-state index contributed by atoms with van der Waals surface area (Å²) in [5.41, 5.74) is -0.615. The monoisotopic (exact) mass is 289 g/mol. The van der Waals surface area contributed by atoms with Gasteiger partial charge in [-0.3, -0.25) is 0 Å². The molecule has 0 aromatic rings. The zero-order valence-electron chi connectivity index (χ0n) is 12.4. The zero-order valence-corrected chi connectivity index (χ0v) is 12.4. The van der Waals surface area contributed by atoms with E-state index in [2.05, 4.69) is 0 Å². The molecule has 1 N–H and O–H groups in total. The molecule has 0 spiro atoms. The molecule has 0 bridgehead atoms. The molecule has 1 aliphatic heterocycles. The van der Waals surface area contributed by atoms with Gasteiger partial charge in [0.15, 0.2) is 6.10 Å². The molecule has 1 saturated heterocycles. The highest BCUT2D eigenvalue weighted by Gasteiger charge is 2.35. The molecule has 1 heterocycles. The Balaban J connectivity index is 2.64. The van der Waals surface area contributed by atoms with E-state index in [1.54, 1.807) is 27.7 Å². The highest BCUT2D eigenvalue weighted by atomic mass is 16.6. The van der Waals surface area contributed by atoms with Crippen molar-refractivity contribution in [3.8, 4) is 0 Å². The van der Waals surface area contributed by atoms with Gasteiger partial charge in [-0.05, 0) is 27.7 Å². The molecule has 0 aromatic heterocycles. The molecule has 1 rings (SSSR count). The number of nitrogens with zero attached hydrogens (tertiary/aromatic N) is 1.